The van der Waals surface area contributed by atoms with Crippen LogP contribution >= 0.6 is 0 Å². The number of nitrogens with zero attached hydrogens (tertiary/aromatic N) is 3. The van der Waals surface area contributed by atoms with Crippen LogP contribution in [-0.4, -0.2) is 35.5 Å². The molecule has 0 atom stereocenters. The number of rotatable bonds is 6. The average Bonchev–Trinajstić information content (AvgIpc) is 3.06. The summed E-state index contributed by atoms with van der Waals surface area (Å²) in [7, 11) is -3.96. The van der Waals surface area contributed by atoms with E-state index in [1.54, 1.807) is 11.5 Å². The zero-order chi connectivity index (χ0) is 17.2. The van der Waals surface area contributed by atoms with Gasteiger partial charge in [-0.3, -0.25) is 0 Å². The van der Waals surface area contributed by atoms with E-state index in [1.807, 2.05) is 13.8 Å². The molecule has 0 bridgehead atoms. The third-order valence-electron chi connectivity index (χ3n) is 2.94. The van der Waals surface area contributed by atoms with E-state index in [0.717, 1.165) is 0 Å². The number of esters is 1. The summed E-state index contributed by atoms with van der Waals surface area (Å²) < 4.78 is 38.3. The summed E-state index contributed by atoms with van der Waals surface area (Å²) in [6, 6.07) is -0.240. The van der Waals surface area contributed by atoms with E-state index in [9.17, 15) is 13.2 Å². The van der Waals surface area contributed by atoms with Crippen LogP contribution in [0.15, 0.2) is 22.0 Å². The first kappa shape index (κ1) is 17.0. The van der Waals surface area contributed by atoms with E-state index in [0.29, 0.717) is 0 Å². The van der Waals surface area contributed by atoms with Crippen LogP contribution in [-0.2, 0) is 14.8 Å². The molecule has 0 spiro atoms. The summed E-state index contributed by atoms with van der Waals surface area (Å²) in [5.41, 5.74) is -0.0720. The molecule has 10 heteroatoms. The molecule has 0 saturated heterocycles. The van der Waals surface area contributed by atoms with Gasteiger partial charge in [0.1, 0.15) is 5.76 Å². The lowest BCUT2D eigenvalue weighted by Crippen LogP contribution is -2.14. The zero-order valence-corrected chi connectivity index (χ0v) is 14.0. The van der Waals surface area contributed by atoms with E-state index in [1.165, 1.54) is 19.4 Å². The molecule has 23 heavy (non-hydrogen) atoms. The Labute approximate surface area is 133 Å². The summed E-state index contributed by atoms with van der Waals surface area (Å²) in [6.07, 6.45) is 2.82. The first-order chi connectivity index (χ1) is 10.7. The smallest absolute Gasteiger partial charge is 0.360 e. The van der Waals surface area contributed by atoms with E-state index in [2.05, 4.69) is 14.7 Å². The number of ether oxygens (including phenoxy) is 1. The normalized spacial score (nSPS) is 11.7. The maximum atomic E-state index is 12.3. The second-order valence-corrected chi connectivity index (χ2v) is 6.63. The molecule has 0 unspecified atom stereocenters. The van der Waals surface area contributed by atoms with Gasteiger partial charge in [-0.15, -0.1) is 0 Å². The number of hydrogen-bond donors (Lipinski definition) is 1. The topological polar surface area (TPSA) is 116 Å². The highest BCUT2D eigenvalue weighted by atomic mass is 32.2. The van der Waals surface area contributed by atoms with Crippen molar-refractivity contribution in [2.24, 2.45) is 0 Å². The fourth-order valence-electron chi connectivity index (χ4n) is 1.74. The number of sulfonamides is 1. The predicted octanol–water partition coefficient (Wildman–Crippen LogP) is 1.74. The van der Waals surface area contributed by atoms with Crippen molar-refractivity contribution >= 4 is 22.0 Å². The van der Waals surface area contributed by atoms with Crippen LogP contribution in [0.2, 0.25) is 0 Å². The Morgan fingerprint density at radius 3 is 2.74 bits per heavy atom. The van der Waals surface area contributed by atoms with Crippen molar-refractivity contribution in [3.8, 4) is 0 Å². The molecule has 126 valence electrons. The monoisotopic (exact) mass is 342 g/mol. The molecule has 0 amide bonds. The predicted molar refractivity (Wildman–Crippen MR) is 80.6 cm³/mol. The number of oxazole rings is 1. The van der Waals surface area contributed by atoms with Gasteiger partial charge in [0, 0.05) is 12.2 Å². The van der Waals surface area contributed by atoms with Crippen LogP contribution in [0.3, 0.4) is 0 Å². The standard InChI is InChI=1S/C13H18N4O5S/c1-5-21-12(18)11-9(4)22-13(15-11)16-23(19,20)10-6-17(7-14-10)8(2)3/h6-8H,5H2,1-4H3,(H,15,16). The summed E-state index contributed by atoms with van der Waals surface area (Å²) in [5, 5.41) is -0.167. The van der Waals surface area contributed by atoms with Crippen LogP contribution in [0.25, 0.3) is 0 Å². The van der Waals surface area contributed by atoms with Crippen molar-refractivity contribution in [2.75, 3.05) is 11.3 Å². The van der Waals surface area contributed by atoms with Gasteiger partial charge in [0.2, 0.25) is 0 Å². The van der Waals surface area contributed by atoms with Gasteiger partial charge in [0.25, 0.3) is 10.0 Å². The summed E-state index contributed by atoms with van der Waals surface area (Å²) in [6.45, 7) is 7.12. The van der Waals surface area contributed by atoms with Gasteiger partial charge in [-0.05, 0) is 27.7 Å². The van der Waals surface area contributed by atoms with Crippen molar-refractivity contribution in [1.29, 1.82) is 0 Å². The number of aromatic nitrogens is 3. The van der Waals surface area contributed by atoms with Crippen molar-refractivity contribution in [2.45, 2.75) is 38.8 Å². The Morgan fingerprint density at radius 1 is 1.48 bits per heavy atom. The number of nitrogens with one attached hydrogen (secondary N) is 1. The van der Waals surface area contributed by atoms with Gasteiger partial charge >= 0.3 is 12.0 Å². The molecule has 1 N–H and O–H groups in total. The molecule has 2 rings (SSSR count). The van der Waals surface area contributed by atoms with E-state index >= 15 is 0 Å². The third kappa shape index (κ3) is 3.70. The van der Waals surface area contributed by atoms with Gasteiger partial charge in [-0.1, -0.05) is 0 Å². The minimum absolute atomic E-state index is 0.0720. The highest BCUT2D eigenvalue weighted by molar-refractivity contribution is 7.92. The third-order valence-corrected chi connectivity index (χ3v) is 4.14. The van der Waals surface area contributed by atoms with Crippen LogP contribution in [0, 0.1) is 6.92 Å². The maximum Gasteiger partial charge on any atom is 0.360 e. The van der Waals surface area contributed by atoms with Crippen LogP contribution in [0.1, 0.15) is 43.1 Å². The fraction of sp³-hybridized carbons (Fsp3) is 0.462. The SMILES string of the molecule is CCOC(=O)c1nc(NS(=O)(=O)c2cn(C(C)C)cn2)oc1C. The summed E-state index contributed by atoms with van der Waals surface area (Å²) in [4.78, 5) is 19.3. The van der Waals surface area contributed by atoms with E-state index in [-0.39, 0.29) is 35.1 Å². The summed E-state index contributed by atoms with van der Waals surface area (Å²) >= 11 is 0. The molecule has 0 aliphatic carbocycles. The number of aryl methyl sites for hydroxylation is 1. The van der Waals surface area contributed by atoms with Gasteiger partial charge in [0.05, 0.1) is 12.9 Å². The molecule has 2 aromatic heterocycles. The molecule has 2 heterocycles. The molecule has 0 aliphatic heterocycles. The minimum Gasteiger partial charge on any atom is -0.461 e. The fourth-order valence-corrected chi connectivity index (χ4v) is 2.60. The Morgan fingerprint density at radius 2 is 2.17 bits per heavy atom. The highest BCUT2D eigenvalue weighted by Crippen LogP contribution is 2.19. The zero-order valence-electron chi connectivity index (χ0n) is 13.2. The first-order valence-electron chi connectivity index (χ1n) is 6.95. The number of carbonyl (C=O) groups is 1. The van der Waals surface area contributed by atoms with Crippen molar-refractivity contribution < 1.29 is 22.4 Å². The maximum absolute atomic E-state index is 12.3. The van der Waals surface area contributed by atoms with Crippen molar-refractivity contribution in [1.82, 2.24) is 14.5 Å². The van der Waals surface area contributed by atoms with Crippen molar-refractivity contribution in [3.63, 3.8) is 0 Å². The Bertz CT molecular complexity index is 806. The molecular formula is C13H18N4O5S. The largest absolute Gasteiger partial charge is 0.461 e. The molecule has 9 nitrogen and oxygen atoms in total. The number of carbonyl (C=O) groups excluding carboxylic acids is 1. The van der Waals surface area contributed by atoms with Crippen LogP contribution in [0.5, 0.6) is 0 Å². The van der Waals surface area contributed by atoms with Gasteiger partial charge in [-0.2, -0.15) is 13.4 Å². The molecule has 2 aromatic rings. The van der Waals surface area contributed by atoms with Gasteiger partial charge < -0.3 is 13.7 Å². The molecule has 0 radical (unpaired) electrons. The minimum atomic E-state index is -3.96. The number of anilines is 1. The molecular weight excluding hydrogens is 324 g/mol. The summed E-state index contributed by atoms with van der Waals surface area (Å²) in [5.74, 6) is -0.517. The van der Waals surface area contributed by atoms with Crippen molar-refractivity contribution in [3.05, 3.63) is 24.0 Å². The number of hydrogen-bond acceptors (Lipinski definition) is 7. The van der Waals surface area contributed by atoms with E-state index < -0.39 is 16.0 Å². The first-order valence-corrected chi connectivity index (χ1v) is 8.43. The van der Waals surface area contributed by atoms with Crippen LogP contribution < -0.4 is 4.72 Å². The Balaban J connectivity index is 2.23. The second-order valence-electron chi connectivity index (χ2n) is 5.00. The molecule has 0 saturated carbocycles. The number of imidazole rings is 1. The average molecular weight is 342 g/mol. The Hall–Kier alpha value is -2.36. The van der Waals surface area contributed by atoms with Crippen LogP contribution in [0.4, 0.5) is 6.01 Å². The second kappa shape index (κ2) is 6.41. The molecule has 0 aliphatic rings. The molecule has 0 aromatic carbocycles. The quantitative estimate of drug-likeness (QED) is 0.795. The lowest BCUT2D eigenvalue weighted by Gasteiger charge is -2.04. The lowest BCUT2D eigenvalue weighted by molar-refractivity contribution is 0.0518. The Kier molecular flexibility index (Phi) is 4.73. The van der Waals surface area contributed by atoms with Gasteiger partial charge in [0.15, 0.2) is 10.7 Å². The van der Waals surface area contributed by atoms with Gasteiger partial charge in [-0.25, -0.2) is 14.5 Å². The van der Waals surface area contributed by atoms with E-state index in [4.69, 9.17) is 9.15 Å². The molecule has 0 fully saturated rings. The highest BCUT2D eigenvalue weighted by Gasteiger charge is 2.24. The lowest BCUT2D eigenvalue weighted by atomic mass is 10.4.